The van der Waals surface area contributed by atoms with Crippen LogP contribution < -0.4 is 5.32 Å². The SMILES string of the molecule is C/C=C/CC/C=C/CC/C=C/C(O)C(COC1OC(CO)C(O)C(O)C1O)NC(=O)CCCCCCCCC/C=C\CCCCCCCCCCCOC(=O)CCCCCCC/C=C\CCCCCCCC. The number of aliphatic hydroxyl groups excluding tert-OH is 5. The lowest BCUT2D eigenvalue weighted by molar-refractivity contribution is -0.302. The van der Waals surface area contributed by atoms with Crippen LogP contribution in [-0.2, 0) is 23.8 Å². The average molecular weight is 1020 g/mol. The van der Waals surface area contributed by atoms with Gasteiger partial charge in [-0.05, 0) is 103 Å². The standard InChI is InChI=1S/C61H109NO10/c1-3-5-7-9-11-13-14-15-22-26-29-33-37-41-45-49-57(66)70-50-46-42-38-34-30-27-24-21-19-17-16-18-20-23-25-28-32-36-40-44-48-56(65)62-53(54(64)47-43-39-35-31-12-10-8-6-4-2)52-71-61-60(69)59(68)58(67)55(51-63)72-61/h4,6,12,15-16,18,22,31,43,47,53-55,58-61,63-64,67-69H,3,5,7-11,13-14,17,19-21,23-30,32-42,44-46,48-52H2,1-2H3,(H,62,65)/b6-4+,18-16-,22-15-,31-12+,47-43+. The Kier molecular flexibility index (Phi) is 47.3. The summed E-state index contributed by atoms with van der Waals surface area (Å²) in [5, 5.41) is 54.1. The molecule has 0 saturated carbocycles. The molecular formula is C61H109NO10. The Morgan fingerprint density at radius 1 is 0.528 bits per heavy atom. The summed E-state index contributed by atoms with van der Waals surface area (Å²) in [5.74, 6) is -0.227. The van der Waals surface area contributed by atoms with Gasteiger partial charge >= 0.3 is 5.97 Å². The fraction of sp³-hybridized carbons (Fsp3) is 0.803. The maximum Gasteiger partial charge on any atom is 0.305 e. The summed E-state index contributed by atoms with van der Waals surface area (Å²) >= 11 is 0. The predicted molar refractivity (Wildman–Crippen MR) is 296 cm³/mol. The molecule has 7 atom stereocenters. The highest BCUT2D eigenvalue weighted by molar-refractivity contribution is 5.76. The number of unbranched alkanes of at least 4 members (excludes halogenated alkanes) is 29. The van der Waals surface area contributed by atoms with Gasteiger partial charge in [-0.2, -0.15) is 0 Å². The predicted octanol–water partition coefficient (Wildman–Crippen LogP) is 13.4. The van der Waals surface area contributed by atoms with Crippen molar-refractivity contribution in [1.29, 1.82) is 0 Å². The number of hydrogen-bond donors (Lipinski definition) is 6. The van der Waals surface area contributed by atoms with E-state index in [0.717, 1.165) is 77.0 Å². The smallest absolute Gasteiger partial charge is 0.305 e. The summed E-state index contributed by atoms with van der Waals surface area (Å²) in [6, 6.07) is -0.841. The minimum absolute atomic E-state index is 0.0176. The number of nitrogens with one attached hydrogen (secondary N) is 1. The van der Waals surface area contributed by atoms with E-state index in [-0.39, 0.29) is 18.5 Å². The molecular weight excluding hydrogens is 907 g/mol. The van der Waals surface area contributed by atoms with E-state index in [1.54, 1.807) is 6.08 Å². The molecule has 11 nitrogen and oxygen atoms in total. The molecule has 72 heavy (non-hydrogen) atoms. The molecule has 0 aliphatic carbocycles. The third-order valence-corrected chi connectivity index (χ3v) is 13.6. The van der Waals surface area contributed by atoms with E-state index in [1.165, 1.54) is 141 Å². The molecule has 7 unspecified atom stereocenters. The molecule has 0 radical (unpaired) electrons. The number of amides is 1. The number of aliphatic hydroxyl groups is 5. The lowest BCUT2D eigenvalue weighted by Crippen LogP contribution is -2.60. The lowest BCUT2D eigenvalue weighted by Gasteiger charge is -2.40. The molecule has 0 spiro atoms. The van der Waals surface area contributed by atoms with Crippen molar-refractivity contribution in [1.82, 2.24) is 5.32 Å². The zero-order valence-electron chi connectivity index (χ0n) is 45.9. The second kappa shape index (κ2) is 50.5. The summed E-state index contributed by atoms with van der Waals surface area (Å²) < 4.78 is 16.6. The van der Waals surface area contributed by atoms with Crippen LogP contribution in [0.25, 0.3) is 0 Å². The van der Waals surface area contributed by atoms with Crippen molar-refractivity contribution in [2.45, 2.75) is 294 Å². The number of rotatable bonds is 50. The van der Waals surface area contributed by atoms with Crippen molar-refractivity contribution >= 4 is 11.9 Å². The molecule has 1 aliphatic heterocycles. The molecule has 1 saturated heterocycles. The van der Waals surface area contributed by atoms with E-state index >= 15 is 0 Å². The highest BCUT2D eigenvalue weighted by atomic mass is 16.7. The molecule has 1 amide bonds. The molecule has 11 heteroatoms. The van der Waals surface area contributed by atoms with E-state index in [2.05, 4.69) is 54.8 Å². The number of carbonyl (C=O) groups is 2. The van der Waals surface area contributed by atoms with E-state index < -0.39 is 49.5 Å². The minimum atomic E-state index is -1.58. The summed E-state index contributed by atoms with van der Waals surface area (Å²) in [4.78, 5) is 25.0. The van der Waals surface area contributed by atoms with Gasteiger partial charge in [0.1, 0.15) is 24.4 Å². The Labute approximate surface area is 439 Å². The van der Waals surface area contributed by atoms with Gasteiger partial charge in [0, 0.05) is 12.8 Å². The first-order valence-corrected chi connectivity index (χ1v) is 29.5. The lowest BCUT2D eigenvalue weighted by atomic mass is 9.99. The second-order valence-corrected chi connectivity index (χ2v) is 20.3. The van der Waals surface area contributed by atoms with Crippen LogP contribution in [0, 0.1) is 0 Å². The number of hydrogen-bond acceptors (Lipinski definition) is 10. The van der Waals surface area contributed by atoms with Gasteiger partial charge in [-0.25, -0.2) is 0 Å². The van der Waals surface area contributed by atoms with Gasteiger partial charge in [0.2, 0.25) is 5.91 Å². The fourth-order valence-corrected chi connectivity index (χ4v) is 8.93. The van der Waals surface area contributed by atoms with Crippen LogP contribution >= 0.6 is 0 Å². The first-order chi connectivity index (χ1) is 35.2. The Hall–Kier alpha value is -2.64. The van der Waals surface area contributed by atoms with E-state index in [4.69, 9.17) is 14.2 Å². The Morgan fingerprint density at radius 2 is 0.958 bits per heavy atom. The van der Waals surface area contributed by atoms with Gasteiger partial charge in [0.05, 0.1) is 32.0 Å². The molecule has 1 fully saturated rings. The molecule has 0 aromatic heterocycles. The zero-order chi connectivity index (χ0) is 52.4. The van der Waals surface area contributed by atoms with E-state index in [1.807, 2.05) is 19.1 Å². The molecule has 0 bridgehead atoms. The molecule has 6 N–H and O–H groups in total. The van der Waals surface area contributed by atoms with Gasteiger partial charge < -0.3 is 45.1 Å². The third-order valence-electron chi connectivity index (χ3n) is 13.6. The van der Waals surface area contributed by atoms with Gasteiger partial charge in [-0.15, -0.1) is 0 Å². The Morgan fingerprint density at radius 3 is 1.46 bits per heavy atom. The van der Waals surface area contributed by atoms with E-state index in [0.29, 0.717) is 25.9 Å². The highest BCUT2D eigenvalue weighted by Gasteiger charge is 2.44. The Balaban J connectivity index is 2.03. The summed E-state index contributed by atoms with van der Waals surface area (Å²) in [7, 11) is 0. The van der Waals surface area contributed by atoms with Crippen LogP contribution in [0.3, 0.4) is 0 Å². The van der Waals surface area contributed by atoms with Crippen molar-refractivity contribution in [2.24, 2.45) is 0 Å². The number of esters is 1. The quantitative estimate of drug-likeness (QED) is 0.0195. The molecule has 0 aromatic carbocycles. The van der Waals surface area contributed by atoms with Crippen LogP contribution in [0.2, 0.25) is 0 Å². The molecule has 1 aliphatic rings. The number of ether oxygens (including phenoxy) is 3. The van der Waals surface area contributed by atoms with Crippen LogP contribution in [-0.4, -0.2) is 100 Å². The maximum absolute atomic E-state index is 13.0. The van der Waals surface area contributed by atoms with Crippen molar-refractivity contribution in [3.8, 4) is 0 Å². The summed E-state index contributed by atoms with van der Waals surface area (Å²) in [6.07, 6.45) is 54.9. The van der Waals surface area contributed by atoms with Crippen LogP contribution in [0.4, 0.5) is 0 Å². The normalized spacial score (nSPS) is 19.5. The Bertz CT molecular complexity index is 1380. The van der Waals surface area contributed by atoms with Crippen LogP contribution in [0.5, 0.6) is 0 Å². The zero-order valence-corrected chi connectivity index (χ0v) is 45.9. The molecule has 1 heterocycles. The minimum Gasteiger partial charge on any atom is -0.466 e. The first-order valence-electron chi connectivity index (χ1n) is 29.5. The van der Waals surface area contributed by atoms with Crippen LogP contribution in [0.1, 0.15) is 251 Å². The van der Waals surface area contributed by atoms with Gasteiger partial charge in [-0.3, -0.25) is 9.59 Å². The first kappa shape index (κ1) is 67.4. The molecule has 418 valence electrons. The summed E-state index contributed by atoms with van der Waals surface area (Å²) in [5.41, 5.74) is 0. The van der Waals surface area contributed by atoms with E-state index in [9.17, 15) is 35.1 Å². The van der Waals surface area contributed by atoms with Crippen LogP contribution in [0.15, 0.2) is 60.8 Å². The summed E-state index contributed by atoms with van der Waals surface area (Å²) in [6.45, 7) is 4.06. The fourth-order valence-electron chi connectivity index (χ4n) is 8.93. The number of carbonyl (C=O) groups excluding carboxylic acids is 2. The highest BCUT2D eigenvalue weighted by Crippen LogP contribution is 2.23. The molecule has 0 aromatic rings. The third kappa shape index (κ3) is 39.8. The van der Waals surface area contributed by atoms with Crippen molar-refractivity contribution in [3.63, 3.8) is 0 Å². The van der Waals surface area contributed by atoms with Gasteiger partial charge in [0.15, 0.2) is 6.29 Å². The second-order valence-electron chi connectivity index (χ2n) is 20.3. The number of allylic oxidation sites excluding steroid dienone is 9. The van der Waals surface area contributed by atoms with Crippen molar-refractivity contribution < 1.29 is 49.3 Å². The van der Waals surface area contributed by atoms with Crippen molar-refractivity contribution in [3.05, 3.63) is 60.8 Å². The van der Waals surface area contributed by atoms with Crippen molar-refractivity contribution in [2.75, 3.05) is 19.8 Å². The van der Waals surface area contributed by atoms with Gasteiger partial charge in [0.25, 0.3) is 0 Å². The topological polar surface area (TPSA) is 175 Å². The molecule has 1 rings (SSSR count). The average Bonchev–Trinajstić information content (AvgIpc) is 3.38. The monoisotopic (exact) mass is 1020 g/mol. The van der Waals surface area contributed by atoms with Gasteiger partial charge in [-0.1, -0.05) is 196 Å². The largest absolute Gasteiger partial charge is 0.466 e. The maximum atomic E-state index is 13.0.